The summed E-state index contributed by atoms with van der Waals surface area (Å²) in [5.41, 5.74) is 0.872. The Morgan fingerprint density at radius 3 is 2.33 bits per heavy atom. The van der Waals surface area contributed by atoms with Crippen molar-refractivity contribution in [2.75, 3.05) is 19.6 Å². The van der Waals surface area contributed by atoms with Crippen molar-refractivity contribution in [3.63, 3.8) is 0 Å². The van der Waals surface area contributed by atoms with Crippen molar-refractivity contribution in [2.24, 2.45) is 0 Å². The van der Waals surface area contributed by atoms with Gasteiger partial charge in [-0.15, -0.1) is 0 Å². The van der Waals surface area contributed by atoms with E-state index in [1.54, 1.807) is 41.4 Å². The van der Waals surface area contributed by atoms with Crippen molar-refractivity contribution in [1.82, 2.24) is 14.8 Å². The quantitative estimate of drug-likeness (QED) is 0.729. The van der Waals surface area contributed by atoms with Crippen LogP contribution in [0.4, 0.5) is 0 Å². The zero-order valence-electron chi connectivity index (χ0n) is 14.7. The third-order valence-electron chi connectivity index (χ3n) is 4.78. The standard InChI is InChI=1S/C20H19N3O4/c24-18(22-12-14(13-22)27-17-8-3-4-10-21-17)9-5-11-23-19(25)15-6-1-2-7-16(15)20(23)26/h1-4,6-8,10,14H,5,9,11-13H2. The number of hydrogen-bond donors (Lipinski definition) is 0. The van der Waals surface area contributed by atoms with E-state index in [4.69, 9.17) is 4.74 Å². The Bertz CT molecular complexity index is 843. The SMILES string of the molecule is O=C(CCCN1C(=O)c2ccccc2C1=O)N1CC(Oc2ccccn2)C1. The van der Waals surface area contributed by atoms with E-state index in [0.717, 1.165) is 0 Å². The summed E-state index contributed by atoms with van der Waals surface area (Å²) in [6, 6.07) is 12.2. The zero-order valence-corrected chi connectivity index (χ0v) is 14.7. The average Bonchev–Trinajstić information content (AvgIpc) is 2.90. The lowest BCUT2D eigenvalue weighted by Crippen LogP contribution is -2.56. The number of imide groups is 1. The topological polar surface area (TPSA) is 79.8 Å². The van der Waals surface area contributed by atoms with E-state index in [2.05, 4.69) is 4.98 Å². The smallest absolute Gasteiger partial charge is 0.261 e. The molecule has 3 heterocycles. The van der Waals surface area contributed by atoms with Crippen LogP contribution in [-0.2, 0) is 4.79 Å². The predicted molar refractivity (Wildman–Crippen MR) is 96.3 cm³/mol. The van der Waals surface area contributed by atoms with Gasteiger partial charge in [-0.2, -0.15) is 0 Å². The summed E-state index contributed by atoms with van der Waals surface area (Å²) >= 11 is 0. The second-order valence-electron chi connectivity index (χ2n) is 6.62. The molecule has 4 rings (SSSR count). The number of likely N-dealkylation sites (tertiary alicyclic amines) is 1. The number of carbonyl (C=O) groups is 3. The van der Waals surface area contributed by atoms with Crippen LogP contribution in [0.15, 0.2) is 48.7 Å². The van der Waals surface area contributed by atoms with E-state index in [9.17, 15) is 14.4 Å². The Labute approximate surface area is 156 Å². The maximum atomic E-state index is 12.3. The van der Waals surface area contributed by atoms with Crippen LogP contribution < -0.4 is 4.74 Å². The molecule has 1 aromatic carbocycles. The highest BCUT2D eigenvalue weighted by Gasteiger charge is 2.35. The van der Waals surface area contributed by atoms with Gasteiger partial charge in [-0.1, -0.05) is 18.2 Å². The first-order chi connectivity index (χ1) is 13.1. The number of rotatable bonds is 6. The van der Waals surface area contributed by atoms with Crippen molar-refractivity contribution in [3.8, 4) is 5.88 Å². The molecule has 1 aromatic heterocycles. The maximum absolute atomic E-state index is 12.3. The Morgan fingerprint density at radius 2 is 1.70 bits per heavy atom. The predicted octanol–water partition coefficient (Wildman–Crippen LogP) is 1.75. The van der Waals surface area contributed by atoms with E-state index in [1.807, 2.05) is 12.1 Å². The lowest BCUT2D eigenvalue weighted by atomic mass is 10.1. The molecule has 2 aromatic rings. The van der Waals surface area contributed by atoms with Gasteiger partial charge in [0.15, 0.2) is 0 Å². The number of nitrogens with zero attached hydrogens (tertiary/aromatic N) is 3. The van der Waals surface area contributed by atoms with Gasteiger partial charge in [0.05, 0.1) is 24.2 Å². The van der Waals surface area contributed by atoms with Gasteiger partial charge in [-0.05, 0) is 24.6 Å². The number of fused-ring (bicyclic) bond motifs is 1. The molecule has 0 aliphatic carbocycles. The first-order valence-corrected chi connectivity index (χ1v) is 8.94. The molecule has 0 atom stereocenters. The molecule has 2 aliphatic rings. The van der Waals surface area contributed by atoms with Gasteiger partial charge in [0, 0.05) is 25.2 Å². The lowest BCUT2D eigenvalue weighted by Gasteiger charge is -2.38. The molecule has 7 heteroatoms. The summed E-state index contributed by atoms with van der Waals surface area (Å²) in [7, 11) is 0. The summed E-state index contributed by atoms with van der Waals surface area (Å²) in [5, 5.41) is 0. The van der Waals surface area contributed by atoms with E-state index >= 15 is 0 Å². The number of aromatic nitrogens is 1. The minimum absolute atomic E-state index is 0.00693. The summed E-state index contributed by atoms with van der Waals surface area (Å²) in [6.45, 7) is 1.31. The van der Waals surface area contributed by atoms with E-state index < -0.39 is 0 Å². The van der Waals surface area contributed by atoms with Crippen LogP contribution in [0.2, 0.25) is 0 Å². The average molecular weight is 365 g/mol. The number of pyridine rings is 1. The van der Waals surface area contributed by atoms with Crippen molar-refractivity contribution < 1.29 is 19.1 Å². The molecule has 7 nitrogen and oxygen atoms in total. The molecule has 1 saturated heterocycles. The minimum Gasteiger partial charge on any atom is -0.471 e. The largest absolute Gasteiger partial charge is 0.471 e. The van der Waals surface area contributed by atoms with Crippen molar-refractivity contribution in [2.45, 2.75) is 18.9 Å². The second kappa shape index (κ2) is 7.19. The highest BCUT2D eigenvalue weighted by molar-refractivity contribution is 6.21. The maximum Gasteiger partial charge on any atom is 0.261 e. The van der Waals surface area contributed by atoms with Gasteiger partial charge in [0.1, 0.15) is 6.10 Å². The van der Waals surface area contributed by atoms with Crippen LogP contribution >= 0.6 is 0 Å². The molecule has 0 bridgehead atoms. The van der Waals surface area contributed by atoms with Gasteiger partial charge in [-0.3, -0.25) is 19.3 Å². The van der Waals surface area contributed by atoms with Crippen molar-refractivity contribution in [3.05, 3.63) is 59.8 Å². The van der Waals surface area contributed by atoms with Gasteiger partial charge in [-0.25, -0.2) is 4.98 Å². The van der Waals surface area contributed by atoms with E-state index in [1.165, 1.54) is 4.90 Å². The van der Waals surface area contributed by atoms with Crippen molar-refractivity contribution >= 4 is 17.7 Å². The highest BCUT2D eigenvalue weighted by Crippen LogP contribution is 2.23. The van der Waals surface area contributed by atoms with Crippen LogP contribution in [0.3, 0.4) is 0 Å². The molecular formula is C20H19N3O4. The number of benzene rings is 1. The van der Waals surface area contributed by atoms with Gasteiger partial charge in [0.25, 0.3) is 11.8 Å². The third-order valence-corrected chi connectivity index (χ3v) is 4.78. The minimum atomic E-state index is -0.282. The van der Waals surface area contributed by atoms with Crippen molar-refractivity contribution in [1.29, 1.82) is 0 Å². The zero-order chi connectivity index (χ0) is 18.8. The monoisotopic (exact) mass is 365 g/mol. The number of carbonyl (C=O) groups excluding carboxylic acids is 3. The van der Waals surface area contributed by atoms with Gasteiger partial charge >= 0.3 is 0 Å². The summed E-state index contributed by atoms with van der Waals surface area (Å²) in [6.07, 6.45) is 2.37. The van der Waals surface area contributed by atoms with Gasteiger partial charge < -0.3 is 9.64 Å². The second-order valence-corrected chi connectivity index (χ2v) is 6.62. The molecule has 1 fully saturated rings. The molecule has 0 radical (unpaired) electrons. The van der Waals surface area contributed by atoms with Crippen LogP contribution in [0.5, 0.6) is 5.88 Å². The Hall–Kier alpha value is -3.22. The molecule has 0 spiro atoms. The Kier molecular flexibility index (Phi) is 4.58. The Morgan fingerprint density at radius 1 is 1.04 bits per heavy atom. The first-order valence-electron chi connectivity index (χ1n) is 8.94. The summed E-state index contributed by atoms with van der Waals surface area (Å²) < 4.78 is 5.68. The van der Waals surface area contributed by atoms with Crippen LogP contribution in [-0.4, -0.2) is 58.2 Å². The third kappa shape index (κ3) is 3.40. The molecule has 0 unspecified atom stereocenters. The molecule has 138 valence electrons. The normalized spacial score (nSPS) is 16.3. The molecule has 2 aliphatic heterocycles. The summed E-state index contributed by atoms with van der Waals surface area (Å²) in [5.74, 6) is -0.000600. The number of hydrogen-bond acceptors (Lipinski definition) is 5. The molecule has 27 heavy (non-hydrogen) atoms. The fourth-order valence-corrected chi connectivity index (χ4v) is 3.29. The van der Waals surface area contributed by atoms with E-state index in [0.29, 0.717) is 42.9 Å². The number of amides is 3. The molecular weight excluding hydrogens is 346 g/mol. The van der Waals surface area contributed by atoms with Crippen LogP contribution in [0.25, 0.3) is 0 Å². The molecule has 0 saturated carbocycles. The first kappa shape index (κ1) is 17.2. The fourth-order valence-electron chi connectivity index (χ4n) is 3.29. The van der Waals surface area contributed by atoms with Crippen LogP contribution in [0.1, 0.15) is 33.6 Å². The van der Waals surface area contributed by atoms with E-state index in [-0.39, 0.29) is 30.4 Å². The Balaban J connectivity index is 1.21. The molecule has 3 amide bonds. The fraction of sp³-hybridized carbons (Fsp3) is 0.300. The lowest BCUT2D eigenvalue weighted by molar-refractivity contribution is -0.140. The highest BCUT2D eigenvalue weighted by atomic mass is 16.5. The summed E-state index contributed by atoms with van der Waals surface area (Å²) in [4.78, 5) is 43.9. The van der Waals surface area contributed by atoms with Gasteiger partial charge in [0.2, 0.25) is 11.8 Å². The number of ether oxygens (including phenoxy) is 1. The van der Waals surface area contributed by atoms with Crippen LogP contribution in [0, 0.1) is 0 Å². The molecule has 0 N–H and O–H groups in total.